The second kappa shape index (κ2) is 6.03. The number of aliphatic hydroxyl groups excluding tert-OH is 1. The highest BCUT2D eigenvalue weighted by molar-refractivity contribution is 5.86. The third kappa shape index (κ3) is 3.33. The summed E-state index contributed by atoms with van der Waals surface area (Å²) < 4.78 is 0. The topological polar surface area (TPSA) is 75.4 Å². The first kappa shape index (κ1) is 14.7. The summed E-state index contributed by atoms with van der Waals surface area (Å²) in [6.07, 6.45) is 7.06. The van der Waals surface area contributed by atoms with Crippen LogP contribution >= 0.6 is 12.4 Å². The Kier molecular flexibility index (Phi) is 5.22. The van der Waals surface area contributed by atoms with Crippen molar-refractivity contribution in [3.05, 3.63) is 0 Å². The van der Waals surface area contributed by atoms with E-state index in [9.17, 15) is 9.90 Å². The van der Waals surface area contributed by atoms with Crippen molar-refractivity contribution < 1.29 is 9.90 Å². The maximum Gasteiger partial charge on any atom is 0.240 e. The van der Waals surface area contributed by atoms with E-state index in [1.54, 1.807) is 0 Å². The van der Waals surface area contributed by atoms with Gasteiger partial charge in [-0.15, -0.1) is 12.4 Å². The fourth-order valence-electron chi connectivity index (χ4n) is 2.82. The SMILES string of the molecule is Cl.NC1(C(=O)N[C@@H]2CCCC[C@H]2O)CCCC1. The number of carbonyl (C=O) groups excluding carboxylic acids is 1. The van der Waals surface area contributed by atoms with Gasteiger partial charge in [-0.05, 0) is 25.7 Å². The van der Waals surface area contributed by atoms with Crippen molar-refractivity contribution in [2.75, 3.05) is 0 Å². The molecule has 1 amide bonds. The molecule has 0 aromatic heterocycles. The minimum atomic E-state index is -0.669. The Labute approximate surface area is 109 Å². The van der Waals surface area contributed by atoms with Gasteiger partial charge in [-0.1, -0.05) is 25.7 Å². The lowest BCUT2D eigenvalue weighted by Crippen LogP contribution is -2.57. The summed E-state index contributed by atoms with van der Waals surface area (Å²) in [5, 5.41) is 12.7. The fraction of sp³-hybridized carbons (Fsp3) is 0.917. The molecule has 2 rings (SSSR count). The molecular weight excluding hydrogens is 240 g/mol. The van der Waals surface area contributed by atoms with E-state index in [2.05, 4.69) is 5.32 Å². The molecule has 2 atom stereocenters. The highest BCUT2D eigenvalue weighted by Gasteiger charge is 2.38. The predicted octanol–water partition coefficient (Wildman–Crippen LogP) is 1.10. The van der Waals surface area contributed by atoms with Crippen LogP contribution < -0.4 is 11.1 Å². The molecule has 2 fully saturated rings. The molecule has 0 spiro atoms. The van der Waals surface area contributed by atoms with Crippen LogP contribution in [0.25, 0.3) is 0 Å². The molecule has 2 saturated carbocycles. The maximum absolute atomic E-state index is 12.0. The number of hydrogen-bond donors (Lipinski definition) is 3. The summed E-state index contributed by atoms with van der Waals surface area (Å²) in [5.74, 6) is -0.0593. The van der Waals surface area contributed by atoms with Gasteiger partial charge in [-0.2, -0.15) is 0 Å². The number of halogens is 1. The largest absolute Gasteiger partial charge is 0.391 e. The first-order valence-electron chi connectivity index (χ1n) is 6.40. The molecule has 0 saturated heterocycles. The Hall–Kier alpha value is -0.320. The van der Waals surface area contributed by atoms with Crippen molar-refractivity contribution in [1.29, 1.82) is 0 Å². The molecule has 0 aromatic carbocycles. The van der Waals surface area contributed by atoms with Gasteiger partial charge in [-0.25, -0.2) is 0 Å². The first-order chi connectivity index (χ1) is 7.62. The zero-order chi connectivity index (χ0) is 11.6. The lowest BCUT2D eigenvalue weighted by Gasteiger charge is -2.32. The molecule has 0 heterocycles. The molecule has 2 aliphatic rings. The van der Waals surface area contributed by atoms with Crippen LogP contribution in [-0.4, -0.2) is 28.7 Å². The quantitative estimate of drug-likeness (QED) is 0.698. The molecule has 0 aromatic rings. The van der Waals surface area contributed by atoms with E-state index in [0.717, 1.165) is 51.4 Å². The number of aliphatic hydroxyl groups is 1. The Bertz CT molecular complexity index is 267. The smallest absolute Gasteiger partial charge is 0.240 e. The fourth-order valence-corrected chi connectivity index (χ4v) is 2.82. The molecule has 0 aliphatic heterocycles. The van der Waals surface area contributed by atoms with Crippen LogP contribution in [0.2, 0.25) is 0 Å². The Morgan fingerprint density at radius 1 is 1.18 bits per heavy atom. The average molecular weight is 263 g/mol. The molecule has 4 N–H and O–H groups in total. The summed E-state index contributed by atoms with van der Waals surface area (Å²) in [6.45, 7) is 0. The second-order valence-electron chi connectivity index (χ2n) is 5.30. The molecule has 5 heteroatoms. The predicted molar refractivity (Wildman–Crippen MR) is 69.0 cm³/mol. The Balaban J connectivity index is 0.00000144. The van der Waals surface area contributed by atoms with E-state index in [1.165, 1.54) is 0 Å². The Morgan fingerprint density at radius 3 is 2.35 bits per heavy atom. The normalized spacial score (nSPS) is 31.6. The monoisotopic (exact) mass is 262 g/mol. The van der Waals surface area contributed by atoms with Gasteiger partial charge < -0.3 is 16.2 Å². The van der Waals surface area contributed by atoms with Crippen molar-refractivity contribution in [3.63, 3.8) is 0 Å². The van der Waals surface area contributed by atoms with Gasteiger partial charge in [0.1, 0.15) is 0 Å². The van der Waals surface area contributed by atoms with Crippen LogP contribution in [-0.2, 0) is 4.79 Å². The molecule has 4 nitrogen and oxygen atoms in total. The summed E-state index contributed by atoms with van der Waals surface area (Å²) in [5.41, 5.74) is 5.40. The van der Waals surface area contributed by atoms with Gasteiger partial charge in [0.15, 0.2) is 0 Å². The minimum Gasteiger partial charge on any atom is -0.391 e. The summed E-state index contributed by atoms with van der Waals surface area (Å²) in [6, 6.07) is -0.0812. The van der Waals surface area contributed by atoms with Crippen LogP contribution in [0.1, 0.15) is 51.4 Å². The average Bonchev–Trinajstić information content (AvgIpc) is 2.70. The van der Waals surface area contributed by atoms with Gasteiger partial charge in [-0.3, -0.25) is 4.79 Å². The number of nitrogens with one attached hydrogen (secondary N) is 1. The van der Waals surface area contributed by atoms with E-state index >= 15 is 0 Å². The molecule has 100 valence electrons. The van der Waals surface area contributed by atoms with E-state index in [0.29, 0.717) is 0 Å². The minimum absolute atomic E-state index is 0. The van der Waals surface area contributed by atoms with E-state index in [4.69, 9.17) is 5.73 Å². The van der Waals surface area contributed by atoms with Crippen molar-refractivity contribution in [2.45, 2.75) is 69.1 Å². The van der Waals surface area contributed by atoms with Gasteiger partial charge in [0.25, 0.3) is 0 Å². The Morgan fingerprint density at radius 2 is 1.76 bits per heavy atom. The highest BCUT2D eigenvalue weighted by atomic mass is 35.5. The van der Waals surface area contributed by atoms with Crippen LogP contribution in [0.4, 0.5) is 0 Å². The lowest BCUT2D eigenvalue weighted by atomic mass is 9.90. The van der Waals surface area contributed by atoms with Gasteiger partial charge in [0, 0.05) is 0 Å². The van der Waals surface area contributed by atoms with Crippen LogP contribution in [0, 0.1) is 0 Å². The zero-order valence-electron chi connectivity index (χ0n) is 10.2. The molecule has 0 radical (unpaired) electrons. The second-order valence-corrected chi connectivity index (χ2v) is 5.30. The van der Waals surface area contributed by atoms with Gasteiger partial charge >= 0.3 is 0 Å². The van der Waals surface area contributed by atoms with Crippen LogP contribution in [0.15, 0.2) is 0 Å². The highest BCUT2D eigenvalue weighted by Crippen LogP contribution is 2.28. The lowest BCUT2D eigenvalue weighted by molar-refractivity contribution is -0.128. The van der Waals surface area contributed by atoms with Gasteiger partial charge in [0.05, 0.1) is 17.7 Å². The van der Waals surface area contributed by atoms with Crippen LogP contribution in [0.3, 0.4) is 0 Å². The number of rotatable bonds is 2. The van der Waals surface area contributed by atoms with E-state index in [1.807, 2.05) is 0 Å². The number of nitrogens with two attached hydrogens (primary N) is 1. The summed E-state index contributed by atoms with van der Waals surface area (Å²) in [7, 11) is 0. The van der Waals surface area contributed by atoms with Crippen molar-refractivity contribution in [2.24, 2.45) is 5.73 Å². The molecular formula is C12H23ClN2O2. The third-order valence-electron chi connectivity index (χ3n) is 3.99. The number of hydrogen-bond acceptors (Lipinski definition) is 3. The third-order valence-corrected chi connectivity index (χ3v) is 3.99. The number of carbonyl (C=O) groups is 1. The van der Waals surface area contributed by atoms with Crippen molar-refractivity contribution >= 4 is 18.3 Å². The summed E-state index contributed by atoms with van der Waals surface area (Å²) >= 11 is 0. The summed E-state index contributed by atoms with van der Waals surface area (Å²) in [4.78, 5) is 12.0. The van der Waals surface area contributed by atoms with Crippen LogP contribution in [0.5, 0.6) is 0 Å². The van der Waals surface area contributed by atoms with Crippen molar-refractivity contribution in [3.8, 4) is 0 Å². The van der Waals surface area contributed by atoms with E-state index < -0.39 is 5.54 Å². The number of amides is 1. The molecule has 2 aliphatic carbocycles. The van der Waals surface area contributed by atoms with Gasteiger partial charge in [0.2, 0.25) is 5.91 Å². The zero-order valence-corrected chi connectivity index (χ0v) is 11.0. The standard InChI is InChI=1S/C12H22N2O2.ClH/c13-12(7-3-4-8-12)11(16)14-9-5-1-2-6-10(9)15;/h9-10,15H,1-8,13H2,(H,14,16);1H/t9-,10-;/m1./s1. The molecule has 0 bridgehead atoms. The van der Waals surface area contributed by atoms with Crippen molar-refractivity contribution in [1.82, 2.24) is 5.32 Å². The molecule has 17 heavy (non-hydrogen) atoms. The maximum atomic E-state index is 12.0. The first-order valence-corrected chi connectivity index (χ1v) is 6.40. The molecule has 0 unspecified atom stereocenters. The van der Waals surface area contributed by atoms with E-state index in [-0.39, 0.29) is 30.5 Å².